The van der Waals surface area contributed by atoms with Gasteiger partial charge in [-0.05, 0) is 29.8 Å². The number of hydrogen-bond donors (Lipinski definition) is 0. The largest absolute Gasteiger partial charge is 0.497 e. The Labute approximate surface area is 132 Å². The SMILES string of the molecule is COc1ccc(COc2cccc3c2cnc2ncnn23)cc1. The normalized spacial score (nSPS) is 11.0. The number of fused-ring (bicyclic) bond motifs is 3. The fraction of sp³-hybridized carbons (Fsp3) is 0.118. The number of ether oxygens (including phenoxy) is 2. The van der Waals surface area contributed by atoms with Crippen LogP contribution in [0.4, 0.5) is 0 Å². The Balaban J connectivity index is 1.65. The van der Waals surface area contributed by atoms with Gasteiger partial charge < -0.3 is 9.47 Å². The molecule has 0 aliphatic rings. The summed E-state index contributed by atoms with van der Waals surface area (Å²) in [6.45, 7) is 0.471. The first-order valence-corrected chi connectivity index (χ1v) is 7.18. The third kappa shape index (κ3) is 2.44. The molecule has 23 heavy (non-hydrogen) atoms. The lowest BCUT2D eigenvalue weighted by Crippen LogP contribution is -1.99. The van der Waals surface area contributed by atoms with Crippen molar-refractivity contribution >= 4 is 16.7 Å². The van der Waals surface area contributed by atoms with Gasteiger partial charge in [0.05, 0.1) is 18.0 Å². The van der Waals surface area contributed by atoms with Crippen molar-refractivity contribution in [1.82, 2.24) is 19.6 Å². The van der Waals surface area contributed by atoms with Gasteiger partial charge in [0.1, 0.15) is 24.4 Å². The summed E-state index contributed by atoms with van der Waals surface area (Å²) >= 11 is 0. The van der Waals surface area contributed by atoms with Crippen LogP contribution in [0.2, 0.25) is 0 Å². The van der Waals surface area contributed by atoms with Crippen molar-refractivity contribution in [2.45, 2.75) is 6.61 Å². The van der Waals surface area contributed by atoms with Gasteiger partial charge in [0.25, 0.3) is 5.78 Å². The Hall–Kier alpha value is -3.15. The summed E-state index contributed by atoms with van der Waals surface area (Å²) in [7, 11) is 1.65. The van der Waals surface area contributed by atoms with Crippen molar-refractivity contribution in [2.75, 3.05) is 7.11 Å². The zero-order valence-corrected chi connectivity index (χ0v) is 12.5. The van der Waals surface area contributed by atoms with Crippen LogP contribution < -0.4 is 9.47 Å². The molecule has 6 nitrogen and oxygen atoms in total. The molecule has 2 aromatic carbocycles. The molecule has 4 aromatic rings. The lowest BCUT2D eigenvalue weighted by Gasteiger charge is -2.10. The molecule has 2 aromatic heterocycles. The Kier molecular flexibility index (Phi) is 3.27. The van der Waals surface area contributed by atoms with Gasteiger partial charge in [-0.15, -0.1) is 0 Å². The number of rotatable bonds is 4. The van der Waals surface area contributed by atoms with Crippen LogP contribution in [-0.4, -0.2) is 26.7 Å². The molecule has 0 aliphatic carbocycles. The molecule has 6 heteroatoms. The molecular weight excluding hydrogens is 292 g/mol. The molecule has 0 bridgehead atoms. The Morgan fingerprint density at radius 3 is 2.74 bits per heavy atom. The smallest absolute Gasteiger partial charge is 0.252 e. The zero-order chi connectivity index (χ0) is 15.6. The molecule has 0 unspecified atom stereocenters. The maximum atomic E-state index is 5.96. The molecular formula is C17H14N4O2. The van der Waals surface area contributed by atoms with E-state index in [2.05, 4.69) is 15.1 Å². The van der Waals surface area contributed by atoms with E-state index in [4.69, 9.17) is 9.47 Å². The standard InChI is InChI=1S/C17H14N4O2/c1-22-13-7-5-12(6-8-13)10-23-16-4-2-3-15-14(16)9-18-17-19-11-20-21(15)17/h2-9,11H,10H2,1H3. The molecule has 0 aliphatic heterocycles. The van der Waals surface area contributed by atoms with E-state index in [0.717, 1.165) is 28.0 Å². The van der Waals surface area contributed by atoms with Crippen molar-refractivity contribution in [2.24, 2.45) is 0 Å². The van der Waals surface area contributed by atoms with Crippen LogP contribution in [-0.2, 0) is 6.61 Å². The van der Waals surface area contributed by atoms with Crippen molar-refractivity contribution in [3.8, 4) is 11.5 Å². The fourth-order valence-corrected chi connectivity index (χ4v) is 2.47. The van der Waals surface area contributed by atoms with E-state index in [-0.39, 0.29) is 0 Å². The summed E-state index contributed by atoms with van der Waals surface area (Å²) in [4.78, 5) is 8.40. The van der Waals surface area contributed by atoms with Crippen molar-refractivity contribution in [3.63, 3.8) is 0 Å². The molecule has 0 atom stereocenters. The van der Waals surface area contributed by atoms with Crippen LogP contribution in [0.15, 0.2) is 55.0 Å². The number of nitrogens with zero attached hydrogens (tertiary/aromatic N) is 4. The molecule has 2 heterocycles. The van der Waals surface area contributed by atoms with Gasteiger partial charge in [-0.2, -0.15) is 14.6 Å². The van der Waals surface area contributed by atoms with Gasteiger partial charge in [-0.3, -0.25) is 0 Å². The minimum atomic E-state index is 0.471. The molecule has 0 amide bonds. The molecule has 0 fully saturated rings. The van der Waals surface area contributed by atoms with E-state index in [1.807, 2.05) is 42.5 Å². The van der Waals surface area contributed by atoms with Crippen LogP contribution in [0, 0.1) is 0 Å². The summed E-state index contributed by atoms with van der Waals surface area (Å²) < 4.78 is 12.8. The maximum Gasteiger partial charge on any atom is 0.252 e. The second-order valence-electron chi connectivity index (χ2n) is 5.06. The molecule has 114 valence electrons. The predicted molar refractivity (Wildman–Crippen MR) is 85.6 cm³/mol. The van der Waals surface area contributed by atoms with E-state index in [1.165, 1.54) is 6.33 Å². The Morgan fingerprint density at radius 2 is 1.91 bits per heavy atom. The summed E-state index contributed by atoms with van der Waals surface area (Å²) in [6, 6.07) is 13.6. The third-order valence-electron chi connectivity index (χ3n) is 3.66. The highest BCUT2D eigenvalue weighted by molar-refractivity contribution is 5.85. The van der Waals surface area contributed by atoms with Gasteiger partial charge in [0.2, 0.25) is 0 Å². The van der Waals surface area contributed by atoms with Crippen LogP contribution in [0.3, 0.4) is 0 Å². The van der Waals surface area contributed by atoms with E-state index >= 15 is 0 Å². The van der Waals surface area contributed by atoms with Gasteiger partial charge in [0.15, 0.2) is 0 Å². The van der Waals surface area contributed by atoms with Crippen molar-refractivity contribution in [1.29, 1.82) is 0 Å². The topological polar surface area (TPSA) is 61.5 Å². The maximum absolute atomic E-state index is 5.96. The van der Waals surface area contributed by atoms with Crippen LogP contribution in [0.5, 0.6) is 11.5 Å². The molecule has 0 saturated carbocycles. The molecule has 0 N–H and O–H groups in total. The monoisotopic (exact) mass is 306 g/mol. The Bertz CT molecular complexity index is 963. The first-order chi connectivity index (χ1) is 11.3. The summed E-state index contributed by atoms with van der Waals surface area (Å²) in [5.41, 5.74) is 1.98. The summed E-state index contributed by atoms with van der Waals surface area (Å²) in [5.74, 6) is 2.17. The van der Waals surface area contributed by atoms with Gasteiger partial charge >= 0.3 is 0 Å². The average Bonchev–Trinajstić information content (AvgIpc) is 3.09. The lowest BCUT2D eigenvalue weighted by molar-refractivity contribution is 0.309. The van der Waals surface area contributed by atoms with Gasteiger partial charge in [0, 0.05) is 6.20 Å². The molecule has 4 rings (SSSR count). The average molecular weight is 306 g/mol. The fourth-order valence-electron chi connectivity index (χ4n) is 2.47. The second-order valence-corrected chi connectivity index (χ2v) is 5.06. The van der Waals surface area contributed by atoms with E-state index in [0.29, 0.717) is 12.4 Å². The third-order valence-corrected chi connectivity index (χ3v) is 3.66. The summed E-state index contributed by atoms with van der Waals surface area (Å²) in [5, 5.41) is 5.10. The first kappa shape index (κ1) is 13.5. The Morgan fingerprint density at radius 1 is 1.04 bits per heavy atom. The second kappa shape index (κ2) is 5.57. The number of hydrogen-bond acceptors (Lipinski definition) is 5. The highest BCUT2D eigenvalue weighted by Crippen LogP contribution is 2.25. The van der Waals surface area contributed by atoms with Crippen LogP contribution in [0.25, 0.3) is 16.7 Å². The van der Waals surface area contributed by atoms with Gasteiger partial charge in [-0.25, -0.2) is 4.98 Å². The van der Waals surface area contributed by atoms with E-state index in [9.17, 15) is 0 Å². The predicted octanol–water partition coefficient (Wildman–Crippen LogP) is 2.87. The molecule has 0 saturated heterocycles. The summed E-state index contributed by atoms with van der Waals surface area (Å²) in [6.07, 6.45) is 3.26. The molecule has 0 spiro atoms. The van der Waals surface area contributed by atoms with Gasteiger partial charge in [-0.1, -0.05) is 18.2 Å². The van der Waals surface area contributed by atoms with Crippen molar-refractivity contribution in [3.05, 3.63) is 60.6 Å². The highest BCUT2D eigenvalue weighted by atomic mass is 16.5. The number of benzene rings is 2. The quantitative estimate of drug-likeness (QED) is 0.580. The van der Waals surface area contributed by atoms with E-state index < -0.39 is 0 Å². The lowest BCUT2D eigenvalue weighted by atomic mass is 10.2. The van der Waals surface area contributed by atoms with Crippen LogP contribution in [0.1, 0.15) is 5.56 Å². The van der Waals surface area contributed by atoms with Crippen LogP contribution >= 0.6 is 0 Å². The minimum Gasteiger partial charge on any atom is -0.497 e. The minimum absolute atomic E-state index is 0.471. The van der Waals surface area contributed by atoms with E-state index in [1.54, 1.807) is 17.8 Å². The molecule has 0 radical (unpaired) electrons. The number of aromatic nitrogens is 4. The van der Waals surface area contributed by atoms with Crippen molar-refractivity contribution < 1.29 is 9.47 Å². The zero-order valence-electron chi connectivity index (χ0n) is 12.5. The first-order valence-electron chi connectivity index (χ1n) is 7.18. The highest BCUT2D eigenvalue weighted by Gasteiger charge is 2.08. The number of methoxy groups -OCH3 is 1.